The highest BCUT2D eigenvalue weighted by atomic mass is 16.5. The van der Waals surface area contributed by atoms with Crippen LogP contribution in [0.15, 0.2) is 61.6 Å². The number of aromatic carboxylic acids is 1. The maximum Gasteiger partial charge on any atom is 0.339 e. The van der Waals surface area contributed by atoms with Crippen LogP contribution in [0, 0.1) is 11.8 Å². The van der Waals surface area contributed by atoms with Crippen molar-refractivity contribution in [3.8, 4) is 17.0 Å². The normalized spacial score (nSPS) is 18.2. The van der Waals surface area contributed by atoms with Gasteiger partial charge < -0.3 is 34.8 Å². The monoisotopic (exact) mass is 567 g/mol. The molecule has 0 radical (unpaired) electrons. The van der Waals surface area contributed by atoms with E-state index in [1.54, 1.807) is 7.11 Å². The molecule has 11 heteroatoms. The smallest absolute Gasteiger partial charge is 0.339 e. The number of carbonyl (C=O) groups excluding carboxylic acids is 1. The average molecular weight is 568 g/mol. The van der Waals surface area contributed by atoms with Crippen LogP contribution in [0.25, 0.3) is 22.2 Å². The molecule has 216 valence electrons. The molecule has 0 aliphatic carbocycles. The molecule has 3 N–H and O–H groups in total. The van der Waals surface area contributed by atoms with Gasteiger partial charge >= 0.3 is 5.97 Å². The number of ether oxygens (including phenoxy) is 1. The van der Waals surface area contributed by atoms with Gasteiger partial charge in [-0.15, -0.1) is 0 Å². The SMILES string of the molecule is C=CC(=O)Nc1cc(Nc2c(-c3ncncc3C(=O)O)c3ccccc3n2C)c(OC)cc1N1CC2CN(C)CC2C1. The Hall–Kier alpha value is -4.90. The van der Waals surface area contributed by atoms with Crippen LogP contribution in [-0.2, 0) is 11.8 Å². The minimum absolute atomic E-state index is 0.0108. The summed E-state index contributed by atoms with van der Waals surface area (Å²) in [7, 11) is 5.66. The number of likely N-dealkylation sites (tertiary alicyclic amines) is 1. The van der Waals surface area contributed by atoms with Crippen molar-refractivity contribution in [3.63, 3.8) is 0 Å². The van der Waals surface area contributed by atoms with E-state index in [-0.39, 0.29) is 11.5 Å². The summed E-state index contributed by atoms with van der Waals surface area (Å²) in [6.07, 6.45) is 3.89. The third-order valence-corrected chi connectivity index (χ3v) is 8.31. The molecule has 2 aliphatic heterocycles. The van der Waals surface area contributed by atoms with Gasteiger partial charge in [-0.1, -0.05) is 24.8 Å². The third-order valence-electron chi connectivity index (χ3n) is 8.31. The van der Waals surface area contributed by atoms with Crippen molar-refractivity contribution in [1.82, 2.24) is 19.4 Å². The van der Waals surface area contributed by atoms with Crippen LogP contribution in [0.4, 0.5) is 22.9 Å². The maximum atomic E-state index is 12.5. The molecule has 0 spiro atoms. The summed E-state index contributed by atoms with van der Waals surface area (Å²) in [5, 5.41) is 17.2. The molecule has 2 aromatic heterocycles. The zero-order chi connectivity index (χ0) is 29.5. The number of amides is 1. The van der Waals surface area contributed by atoms with Gasteiger partial charge in [0.1, 0.15) is 23.5 Å². The highest BCUT2D eigenvalue weighted by Gasteiger charge is 2.39. The number of aromatic nitrogens is 3. The van der Waals surface area contributed by atoms with E-state index in [2.05, 4.69) is 44.0 Å². The van der Waals surface area contributed by atoms with Crippen LogP contribution in [-0.4, -0.2) is 76.8 Å². The third kappa shape index (κ3) is 4.71. The Morgan fingerprint density at radius 1 is 1.10 bits per heavy atom. The van der Waals surface area contributed by atoms with Gasteiger partial charge in [-0.25, -0.2) is 14.8 Å². The van der Waals surface area contributed by atoms with Crippen molar-refractivity contribution in [2.45, 2.75) is 0 Å². The number of benzene rings is 2. The molecule has 0 saturated carbocycles. The van der Waals surface area contributed by atoms with Crippen molar-refractivity contribution in [2.75, 3.05) is 55.9 Å². The second kappa shape index (κ2) is 10.8. The molecule has 4 heterocycles. The van der Waals surface area contributed by atoms with E-state index in [0.29, 0.717) is 46.0 Å². The van der Waals surface area contributed by atoms with E-state index >= 15 is 0 Å². The van der Waals surface area contributed by atoms with Gasteiger partial charge in [0.15, 0.2) is 0 Å². The maximum absolute atomic E-state index is 12.5. The zero-order valence-electron chi connectivity index (χ0n) is 23.8. The Morgan fingerprint density at radius 3 is 2.52 bits per heavy atom. The standard InChI is InChI=1S/C31H33N7O4/c1-5-27(39)34-22-10-23(26(42-4)11-25(22)38-15-18-13-36(2)14-19(18)16-38)35-30-28(20-8-6-7-9-24(20)37(30)3)29-21(31(40)41)12-32-17-33-29/h5-12,17-19,35H,1,13-16H2,2-4H3,(H,34,39)(H,40,41). The van der Waals surface area contributed by atoms with Crippen LogP contribution < -0.4 is 20.3 Å². The van der Waals surface area contributed by atoms with Crippen LogP contribution in [0.1, 0.15) is 10.4 Å². The van der Waals surface area contributed by atoms with Gasteiger partial charge in [-0.2, -0.15) is 0 Å². The molecule has 6 rings (SSSR count). The number of rotatable bonds is 8. The van der Waals surface area contributed by atoms with Crippen LogP contribution in [0.2, 0.25) is 0 Å². The van der Waals surface area contributed by atoms with Gasteiger partial charge in [0.2, 0.25) is 5.91 Å². The first-order valence-electron chi connectivity index (χ1n) is 13.8. The zero-order valence-corrected chi connectivity index (χ0v) is 23.8. The van der Waals surface area contributed by atoms with Crippen molar-refractivity contribution in [2.24, 2.45) is 18.9 Å². The topological polar surface area (TPSA) is 125 Å². The first-order chi connectivity index (χ1) is 20.3. The second-order valence-electron chi connectivity index (χ2n) is 10.9. The molecule has 42 heavy (non-hydrogen) atoms. The molecule has 2 saturated heterocycles. The van der Waals surface area contributed by atoms with Crippen LogP contribution in [0.3, 0.4) is 0 Å². The van der Waals surface area contributed by atoms with Gasteiger partial charge in [-0.3, -0.25) is 4.79 Å². The number of hydrogen-bond donors (Lipinski definition) is 3. The summed E-state index contributed by atoms with van der Waals surface area (Å²) in [5.41, 5.74) is 3.89. The van der Waals surface area contributed by atoms with Gasteiger partial charge in [-0.05, 0) is 37.1 Å². The molecule has 2 aliphatic rings. The first-order valence-corrected chi connectivity index (χ1v) is 13.8. The number of carboxylic acid groups (broad SMARTS) is 1. The number of anilines is 4. The molecule has 4 aromatic rings. The molecular weight excluding hydrogens is 534 g/mol. The lowest BCUT2D eigenvalue weighted by atomic mass is 10.0. The molecule has 11 nitrogen and oxygen atoms in total. The summed E-state index contributed by atoms with van der Waals surface area (Å²) in [4.78, 5) is 37.7. The number of nitrogens with one attached hydrogen (secondary N) is 2. The summed E-state index contributed by atoms with van der Waals surface area (Å²) in [6, 6.07) is 11.5. The van der Waals surface area contributed by atoms with Crippen molar-refractivity contribution in [3.05, 3.63) is 67.1 Å². The lowest BCUT2D eigenvalue weighted by Crippen LogP contribution is -2.27. The predicted octanol–water partition coefficient (Wildman–Crippen LogP) is 4.21. The lowest BCUT2D eigenvalue weighted by Gasteiger charge is -2.26. The number of aryl methyl sites for hydroxylation is 1. The predicted molar refractivity (Wildman–Crippen MR) is 163 cm³/mol. The Kier molecular flexibility index (Phi) is 7.03. The van der Waals surface area contributed by atoms with E-state index in [1.807, 2.05) is 48.0 Å². The second-order valence-corrected chi connectivity index (χ2v) is 10.9. The van der Waals surface area contributed by atoms with Crippen LogP contribution >= 0.6 is 0 Å². The highest BCUT2D eigenvalue weighted by molar-refractivity contribution is 6.08. The van der Waals surface area contributed by atoms with E-state index < -0.39 is 5.97 Å². The molecule has 2 unspecified atom stereocenters. The molecular formula is C31H33N7O4. The van der Waals surface area contributed by atoms with Crippen LogP contribution in [0.5, 0.6) is 5.75 Å². The molecule has 1 amide bonds. The summed E-state index contributed by atoms with van der Waals surface area (Å²) < 4.78 is 7.83. The lowest BCUT2D eigenvalue weighted by molar-refractivity contribution is -0.111. The molecule has 0 bridgehead atoms. The minimum atomic E-state index is -1.12. The summed E-state index contributed by atoms with van der Waals surface area (Å²) in [5.74, 6) is 0.885. The van der Waals surface area contributed by atoms with Gasteiger partial charge in [0.05, 0.1) is 40.9 Å². The summed E-state index contributed by atoms with van der Waals surface area (Å²) in [6.45, 7) is 7.52. The number of fused-ring (bicyclic) bond motifs is 2. The van der Waals surface area contributed by atoms with Crippen molar-refractivity contribution >= 4 is 45.7 Å². The van der Waals surface area contributed by atoms with E-state index in [0.717, 1.165) is 42.8 Å². The largest absolute Gasteiger partial charge is 0.494 e. The minimum Gasteiger partial charge on any atom is -0.494 e. The van der Waals surface area contributed by atoms with E-state index in [9.17, 15) is 14.7 Å². The Bertz CT molecular complexity index is 1700. The number of nitrogens with zero attached hydrogens (tertiary/aromatic N) is 5. The highest BCUT2D eigenvalue weighted by Crippen LogP contribution is 2.45. The number of carbonyl (C=O) groups is 2. The van der Waals surface area contributed by atoms with Crippen molar-refractivity contribution < 1.29 is 19.4 Å². The summed E-state index contributed by atoms with van der Waals surface area (Å²) >= 11 is 0. The van der Waals surface area contributed by atoms with E-state index in [4.69, 9.17) is 4.74 Å². The Balaban J connectivity index is 1.48. The fraction of sp³-hybridized carbons (Fsp3) is 0.290. The quantitative estimate of drug-likeness (QED) is 0.269. The fourth-order valence-electron chi connectivity index (χ4n) is 6.40. The average Bonchev–Trinajstić information content (AvgIpc) is 3.62. The molecule has 2 atom stereocenters. The number of para-hydroxylation sites is 1. The van der Waals surface area contributed by atoms with E-state index in [1.165, 1.54) is 18.6 Å². The molecule has 2 fully saturated rings. The first kappa shape index (κ1) is 27.3. The number of hydrogen-bond acceptors (Lipinski definition) is 8. The fourth-order valence-corrected chi connectivity index (χ4v) is 6.40. The van der Waals surface area contributed by atoms with Gasteiger partial charge in [0.25, 0.3) is 0 Å². The Labute approximate surface area is 243 Å². The van der Waals surface area contributed by atoms with Crippen molar-refractivity contribution in [1.29, 1.82) is 0 Å². The molecule has 2 aromatic carbocycles. The number of carboxylic acids is 1. The van der Waals surface area contributed by atoms with Gasteiger partial charge in [0, 0.05) is 50.9 Å². The number of methoxy groups -OCH3 is 1. The Morgan fingerprint density at radius 2 is 1.83 bits per heavy atom.